The second-order valence-electron chi connectivity index (χ2n) is 4.25. The van der Waals surface area contributed by atoms with Gasteiger partial charge in [-0.05, 0) is 25.0 Å². The summed E-state index contributed by atoms with van der Waals surface area (Å²) in [6, 6.07) is 5.19. The summed E-state index contributed by atoms with van der Waals surface area (Å²) in [5, 5.41) is 0. The Hall–Kier alpha value is -1.46. The van der Waals surface area contributed by atoms with E-state index in [-0.39, 0.29) is 6.10 Å². The molecule has 17 heavy (non-hydrogen) atoms. The number of nitrogen functional groups attached to an aromatic ring is 1. The predicted octanol–water partition coefficient (Wildman–Crippen LogP) is 1.25. The molecular formula is C12H19N3O2. The molecule has 5 heteroatoms. The van der Waals surface area contributed by atoms with Crippen LogP contribution in [0.2, 0.25) is 0 Å². The Kier molecular flexibility index (Phi) is 5.06. The molecular weight excluding hydrogens is 218 g/mol. The summed E-state index contributed by atoms with van der Waals surface area (Å²) < 4.78 is 5.63. The normalized spacial score (nSPS) is 12.5. The van der Waals surface area contributed by atoms with E-state index in [9.17, 15) is 4.79 Å². The van der Waals surface area contributed by atoms with Crippen LogP contribution >= 0.6 is 0 Å². The van der Waals surface area contributed by atoms with Gasteiger partial charge in [0.05, 0.1) is 18.4 Å². The van der Waals surface area contributed by atoms with Gasteiger partial charge in [0.15, 0.2) is 0 Å². The third kappa shape index (κ3) is 4.13. The number of carbonyl (C=O) groups is 1. The SMILES string of the molecule is CC(C)C(C)OCc1cccc(C(=O)NN)n1. The van der Waals surface area contributed by atoms with E-state index in [4.69, 9.17) is 10.6 Å². The molecule has 3 N–H and O–H groups in total. The van der Waals surface area contributed by atoms with Crippen LogP contribution in [0.4, 0.5) is 0 Å². The molecule has 1 aromatic rings. The van der Waals surface area contributed by atoms with Gasteiger partial charge in [-0.2, -0.15) is 0 Å². The number of carbonyl (C=O) groups excluding carboxylic acids is 1. The van der Waals surface area contributed by atoms with E-state index < -0.39 is 5.91 Å². The average molecular weight is 237 g/mol. The Morgan fingerprint density at radius 2 is 2.18 bits per heavy atom. The van der Waals surface area contributed by atoms with Gasteiger partial charge in [-0.25, -0.2) is 10.8 Å². The maximum Gasteiger partial charge on any atom is 0.283 e. The molecule has 1 rings (SSSR count). The third-order valence-electron chi connectivity index (χ3n) is 2.60. The Morgan fingerprint density at radius 1 is 1.47 bits per heavy atom. The van der Waals surface area contributed by atoms with E-state index in [1.807, 2.05) is 18.4 Å². The summed E-state index contributed by atoms with van der Waals surface area (Å²) in [5.41, 5.74) is 3.07. The highest BCUT2D eigenvalue weighted by Gasteiger charge is 2.09. The number of rotatable bonds is 5. The molecule has 0 radical (unpaired) electrons. The number of pyridine rings is 1. The Morgan fingerprint density at radius 3 is 2.76 bits per heavy atom. The van der Waals surface area contributed by atoms with Crippen LogP contribution in [0.5, 0.6) is 0 Å². The van der Waals surface area contributed by atoms with Crippen molar-refractivity contribution >= 4 is 5.91 Å². The molecule has 1 unspecified atom stereocenters. The Bertz CT molecular complexity index is 380. The summed E-state index contributed by atoms with van der Waals surface area (Å²) in [5.74, 6) is 5.10. The number of nitrogens with zero attached hydrogens (tertiary/aromatic N) is 1. The first-order chi connectivity index (χ1) is 8.04. The van der Waals surface area contributed by atoms with Gasteiger partial charge in [0.2, 0.25) is 0 Å². The fraction of sp³-hybridized carbons (Fsp3) is 0.500. The smallest absolute Gasteiger partial charge is 0.283 e. The number of hydrogen-bond donors (Lipinski definition) is 2. The Balaban J connectivity index is 2.63. The molecule has 0 aliphatic carbocycles. The number of nitrogens with one attached hydrogen (secondary N) is 1. The largest absolute Gasteiger partial charge is 0.372 e. The quantitative estimate of drug-likeness (QED) is 0.459. The minimum Gasteiger partial charge on any atom is -0.372 e. The second kappa shape index (κ2) is 6.32. The van der Waals surface area contributed by atoms with Crippen LogP contribution in [0.15, 0.2) is 18.2 Å². The van der Waals surface area contributed by atoms with Crippen molar-refractivity contribution in [1.29, 1.82) is 0 Å². The highest BCUT2D eigenvalue weighted by Crippen LogP contribution is 2.09. The lowest BCUT2D eigenvalue weighted by Gasteiger charge is -2.16. The molecule has 0 bridgehead atoms. The van der Waals surface area contributed by atoms with Crippen LogP contribution in [0, 0.1) is 5.92 Å². The standard InChI is InChI=1S/C12H19N3O2/c1-8(2)9(3)17-7-10-5-4-6-11(14-10)12(16)15-13/h4-6,8-9H,7,13H2,1-3H3,(H,15,16). The van der Waals surface area contributed by atoms with Crippen LogP contribution in [0.3, 0.4) is 0 Å². The topological polar surface area (TPSA) is 77.2 Å². The monoisotopic (exact) mass is 237 g/mol. The summed E-state index contributed by atoms with van der Waals surface area (Å²) in [6.07, 6.45) is 0.156. The van der Waals surface area contributed by atoms with Gasteiger partial charge < -0.3 is 4.74 Å². The first-order valence-corrected chi connectivity index (χ1v) is 5.63. The first kappa shape index (κ1) is 13.6. The minimum atomic E-state index is -0.399. The van der Waals surface area contributed by atoms with Gasteiger partial charge in [0, 0.05) is 0 Å². The van der Waals surface area contributed by atoms with Crippen molar-refractivity contribution in [2.45, 2.75) is 33.5 Å². The molecule has 1 heterocycles. The molecule has 0 saturated heterocycles. The van der Waals surface area contributed by atoms with E-state index in [1.165, 1.54) is 0 Å². The lowest BCUT2D eigenvalue weighted by atomic mass is 10.1. The summed E-state index contributed by atoms with van der Waals surface area (Å²) >= 11 is 0. The second-order valence-corrected chi connectivity index (χ2v) is 4.25. The number of amides is 1. The average Bonchev–Trinajstić information content (AvgIpc) is 2.35. The van der Waals surface area contributed by atoms with Crippen LogP contribution in [-0.4, -0.2) is 17.0 Å². The predicted molar refractivity (Wildman–Crippen MR) is 65.0 cm³/mol. The zero-order valence-electron chi connectivity index (χ0n) is 10.4. The molecule has 94 valence electrons. The molecule has 1 amide bonds. The maximum atomic E-state index is 11.3. The van der Waals surface area contributed by atoms with Crippen molar-refractivity contribution in [2.75, 3.05) is 0 Å². The zero-order chi connectivity index (χ0) is 12.8. The molecule has 5 nitrogen and oxygen atoms in total. The lowest BCUT2D eigenvalue weighted by Crippen LogP contribution is -2.30. The lowest BCUT2D eigenvalue weighted by molar-refractivity contribution is 0.0217. The molecule has 0 spiro atoms. The first-order valence-electron chi connectivity index (χ1n) is 5.63. The molecule has 0 aromatic carbocycles. The van der Waals surface area contributed by atoms with Gasteiger partial charge >= 0.3 is 0 Å². The number of hydrogen-bond acceptors (Lipinski definition) is 4. The van der Waals surface area contributed by atoms with E-state index in [1.54, 1.807) is 12.1 Å². The fourth-order valence-electron chi connectivity index (χ4n) is 1.17. The van der Waals surface area contributed by atoms with Crippen LogP contribution in [0.25, 0.3) is 0 Å². The van der Waals surface area contributed by atoms with Crippen molar-refractivity contribution < 1.29 is 9.53 Å². The van der Waals surface area contributed by atoms with Crippen LogP contribution in [-0.2, 0) is 11.3 Å². The van der Waals surface area contributed by atoms with Crippen LogP contribution in [0.1, 0.15) is 37.0 Å². The zero-order valence-corrected chi connectivity index (χ0v) is 10.4. The molecule has 0 fully saturated rings. The highest BCUT2D eigenvalue weighted by molar-refractivity contribution is 5.91. The van der Waals surface area contributed by atoms with E-state index >= 15 is 0 Å². The minimum absolute atomic E-state index is 0.156. The van der Waals surface area contributed by atoms with E-state index in [2.05, 4.69) is 18.8 Å². The van der Waals surface area contributed by atoms with Gasteiger partial charge in [0.1, 0.15) is 5.69 Å². The van der Waals surface area contributed by atoms with Crippen molar-refractivity contribution in [2.24, 2.45) is 11.8 Å². The van der Waals surface area contributed by atoms with Gasteiger partial charge in [-0.1, -0.05) is 19.9 Å². The number of nitrogens with two attached hydrogens (primary N) is 1. The maximum absolute atomic E-state index is 11.3. The van der Waals surface area contributed by atoms with Crippen molar-refractivity contribution in [1.82, 2.24) is 10.4 Å². The summed E-state index contributed by atoms with van der Waals surface area (Å²) in [4.78, 5) is 15.4. The number of aromatic nitrogens is 1. The van der Waals surface area contributed by atoms with E-state index in [0.717, 1.165) is 5.69 Å². The molecule has 0 aliphatic heterocycles. The van der Waals surface area contributed by atoms with Gasteiger partial charge in [-0.15, -0.1) is 0 Å². The van der Waals surface area contributed by atoms with Gasteiger partial charge in [-0.3, -0.25) is 10.2 Å². The summed E-state index contributed by atoms with van der Waals surface area (Å²) in [6.45, 7) is 6.60. The molecule has 1 atom stereocenters. The fourth-order valence-corrected chi connectivity index (χ4v) is 1.17. The summed E-state index contributed by atoms with van der Waals surface area (Å²) in [7, 11) is 0. The van der Waals surface area contributed by atoms with Crippen molar-refractivity contribution in [3.8, 4) is 0 Å². The third-order valence-corrected chi connectivity index (χ3v) is 2.60. The molecule has 0 saturated carbocycles. The molecule has 0 aliphatic rings. The van der Waals surface area contributed by atoms with E-state index in [0.29, 0.717) is 18.2 Å². The number of hydrazine groups is 1. The van der Waals surface area contributed by atoms with Crippen LogP contribution < -0.4 is 11.3 Å². The Labute approximate surface area is 101 Å². The molecule has 1 aromatic heterocycles. The highest BCUT2D eigenvalue weighted by atomic mass is 16.5. The van der Waals surface area contributed by atoms with Crippen molar-refractivity contribution in [3.05, 3.63) is 29.6 Å². The number of ether oxygens (including phenoxy) is 1. The van der Waals surface area contributed by atoms with Gasteiger partial charge in [0.25, 0.3) is 5.91 Å². The van der Waals surface area contributed by atoms with Crippen molar-refractivity contribution in [3.63, 3.8) is 0 Å².